The van der Waals surface area contributed by atoms with E-state index in [0.29, 0.717) is 18.4 Å². The van der Waals surface area contributed by atoms with E-state index < -0.39 is 35.7 Å². The minimum Gasteiger partial charge on any atom is -0.466 e. The van der Waals surface area contributed by atoms with E-state index in [9.17, 15) is 19.2 Å². The topological polar surface area (TPSA) is 114 Å². The SMILES string of the molecule is CCOC(=O)CCNC(=O)C(c1cccc(C)c1)N(C(=O)C(CC(C)C)NC(=O)OC(C)(C)C)C(C)CC. The summed E-state index contributed by atoms with van der Waals surface area (Å²) in [6, 6.07) is 5.27. The largest absolute Gasteiger partial charge is 0.466 e. The molecular formula is C29H47N3O6. The molecule has 0 heterocycles. The van der Waals surface area contributed by atoms with Crippen molar-refractivity contribution in [1.29, 1.82) is 0 Å². The summed E-state index contributed by atoms with van der Waals surface area (Å²) in [5, 5.41) is 5.56. The Kier molecular flexibility index (Phi) is 13.3. The number of rotatable bonds is 13. The van der Waals surface area contributed by atoms with Crippen LogP contribution in [0.25, 0.3) is 0 Å². The predicted molar refractivity (Wildman–Crippen MR) is 147 cm³/mol. The molecule has 0 fully saturated rings. The maximum Gasteiger partial charge on any atom is 0.408 e. The number of amides is 3. The van der Waals surface area contributed by atoms with Crippen LogP contribution in [-0.4, -0.2) is 59.6 Å². The van der Waals surface area contributed by atoms with Crippen LogP contribution < -0.4 is 10.6 Å². The summed E-state index contributed by atoms with van der Waals surface area (Å²) in [5.74, 6) is -1.10. The van der Waals surface area contributed by atoms with Crippen LogP contribution >= 0.6 is 0 Å². The lowest BCUT2D eigenvalue weighted by molar-refractivity contribution is -0.146. The van der Waals surface area contributed by atoms with E-state index in [-0.39, 0.29) is 37.4 Å². The van der Waals surface area contributed by atoms with Gasteiger partial charge >= 0.3 is 12.1 Å². The second-order valence-electron chi connectivity index (χ2n) is 11.0. The first-order valence-electron chi connectivity index (χ1n) is 13.5. The summed E-state index contributed by atoms with van der Waals surface area (Å²) < 4.78 is 10.4. The molecule has 0 saturated heterocycles. The summed E-state index contributed by atoms with van der Waals surface area (Å²) in [4.78, 5) is 53.8. The van der Waals surface area contributed by atoms with Crippen LogP contribution in [0, 0.1) is 12.8 Å². The highest BCUT2D eigenvalue weighted by Gasteiger charge is 2.38. The lowest BCUT2D eigenvalue weighted by atomic mass is 9.96. The second-order valence-corrected chi connectivity index (χ2v) is 11.0. The number of esters is 1. The summed E-state index contributed by atoms with van der Waals surface area (Å²) in [5.41, 5.74) is 0.858. The Balaban J connectivity index is 3.44. The molecule has 0 aliphatic rings. The van der Waals surface area contributed by atoms with Gasteiger partial charge in [-0.05, 0) is 65.9 Å². The normalized spacial score (nSPS) is 13.7. The third-order valence-corrected chi connectivity index (χ3v) is 5.83. The lowest BCUT2D eigenvalue weighted by Crippen LogP contribution is -2.55. The van der Waals surface area contributed by atoms with E-state index in [2.05, 4.69) is 10.6 Å². The summed E-state index contributed by atoms with van der Waals surface area (Å²) in [7, 11) is 0. The zero-order valence-corrected chi connectivity index (χ0v) is 24.6. The van der Waals surface area contributed by atoms with Gasteiger partial charge in [0.2, 0.25) is 11.8 Å². The first-order valence-corrected chi connectivity index (χ1v) is 13.5. The van der Waals surface area contributed by atoms with E-state index in [1.54, 1.807) is 32.6 Å². The molecule has 0 saturated carbocycles. The first-order chi connectivity index (χ1) is 17.7. The second kappa shape index (κ2) is 15.3. The smallest absolute Gasteiger partial charge is 0.408 e. The van der Waals surface area contributed by atoms with Crippen molar-refractivity contribution < 1.29 is 28.7 Å². The van der Waals surface area contributed by atoms with Crippen molar-refractivity contribution in [2.24, 2.45) is 5.92 Å². The molecule has 0 bridgehead atoms. The predicted octanol–water partition coefficient (Wildman–Crippen LogP) is 4.67. The molecule has 1 rings (SSSR count). The zero-order valence-electron chi connectivity index (χ0n) is 24.6. The van der Waals surface area contributed by atoms with Crippen LogP contribution in [0.2, 0.25) is 0 Å². The molecule has 214 valence electrons. The van der Waals surface area contributed by atoms with E-state index in [1.165, 1.54) is 0 Å². The average Bonchev–Trinajstić information content (AvgIpc) is 2.79. The maximum absolute atomic E-state index is 14.2. The van der Waals surface area contributed by atoms with Gasteiger partial charge in [0.25, 0.3) is 0 Å². The number of nitrogens with one attached hydrogen (secondary N) is 2. The number of hydrogen-bond donors (Lipinski definition) is 2. The number of carbonyl (C=O) groups excluding carboxylic acids is 4. The molecule has 2 N–H and O–H groups in total. The Morgan fingerprint density at radius 1 is 1.05 bits per heavy atom. The lowest BCUT2D eigenvalue weighted by Gasteiger charge is -2.38. The number of carbonyl (C=O) groups is 4. The summed E-state index contributed by atoms with van der Waals surface area (Å²) in [6.45, 7) is 17.0. The molecule has 9 nitrogen and oxygen atoms in total. The van der Waals surface area contributed by atoms with Gasteiger partial charge in [-0.15, -0.1) is 0 Å². The van der Waals surface area contributed by atoms with Crippen LogP contribution in [0.5, 0.6) is 0 Å². The third-order valence-electron chi connectivity index (χ3n) is 5.83. The molecule has 0 aliphatic heterocycles. The molecule has 38 heavy (non-hydrogen) atoms. The molecule has 1 aromatic rings. The minimum absolute atomic E-state index is 0.0214. The van der Waals surface area contributed by atoms with Crippen molar-refractivity contribution in [3.05, 3.63) is 35.4 Å². The van der Waals surface area contributed by atoms with Crippen molar-refractivity contribution in [1.82, 2.24) is 15.5 Å². The van der Waals surface area contributed by atoms with Gasteiger partial charge in [-0.25, -0.2) is 4.79 Å². The van der Waals surface area contributed by atoms with Gasteiger partial charge in [0.15, 0.2) is 0 Å². The summed E-state index contributed by atoms with van der Waals surface area (Å²) in [6.07, 6.45) is 0.292. The fraction of sp³-hybridized carbons (Fsp3) is 0.655. The van der Waals surface area contributed by atoms with Crippen LogP contribution in [0.4, 0.5) is 4.79 Å². The molecule has 0 aliphatic carbocycles. The average molecular weight is 534 g/mol. The van der Waals surface area contributed by atoms with Crippen LogP contribution in [0.1, 0.15) is 91.8 Å². The highest BCUT2D eigenvalue weighted by atomic mass is 16.6. The van der Waals surface area contributed by atoms with E-state index >= 15 is 0 Å². The molecule has 3 unspecified atom stereocenters. The summed E-state index contributed by atoms with van der Waals surface area (Å²) >= 11 is 0. The molecule has 0 aromatic heterocycles. The van der Waals surface area contributed by atoms with Crippen molar-refractivity contribution in [3.8, 4) is 0 Å². The Morgan fingerprint density at radius 2 is 1.71 bits per heavy atom. The van der Waals surface area contributed by atoms with Gasteiger partial charge in [0, 0.05) is 12.6 Å². The highest BCUT2D eigenvalue weighted by molar-refractivity contribution is 5.92. The molecule has 0 radical (unpaired) electrons. The van der Waals surface area contributed by atoms with Crippen molar-refractivity contribution >= 4 is 23.9 Å². The van der Waals surface area contributed by atoms with Crippen LogP contribution in [-0.2, 0) is 23.9 Å². The number of hydrogen-bond acceptors (Lipinski definition) is 6. The van der Waals surface area contributed by atoms with Gasteiger partial charge in [0.05, 0.1) is 13.0 Å². The van der Waals surface area contributed by atoms with E-state index in [4.69, 9.17) is 9.47 Å². The number of ether oxygens (including phenoxy) is 2. The molecule has 3 atom stereocenters. The standard InChI is InChI=1S/C29H47N3O6/c1-10-21(6)32(27(35)23(17-19(3)4)31-28(36)38-29(7,8)9)25(22-14-12-13-20(5)18-22)26(34)30-16-15-24(33)37-11-2/h12-14,18-19,21,23,25H,10-11,15-17H2,1-9H3,(H,30,34)(H,31,36). The van der Waals surface area contributed by atoms with Gasteiger partial charge in [-0.1, -0.05) is 50.6 Å². The van der Waals surface area contributed by atoms with Crippen LogP contribution in [0.15, 0.2) is 24.3 Å². The monoisotopic (exact) mass is 533 g/mol. The molecule has 1 aromatic carbocycles. The van der Waals surface area contributed by atoms with Crippen LogP contribution in [0.3, 0.4) is 0 Å². The van der Waals surface area contributed by atoms with E-state index in [0.717, 1.165) is 5.56 Å². The maximum atomic E-state index is 14.2. The van der Waals surface area contributed by atoms with Gasteiger partial charge in [-0.3, -0.25) is 14.4 Å². The number of benzene rings is 1. The molecule has 0 spiro atoms. The van der Waals surface area contributed by atoms with Gasteiger partial charge in [0.1, 0.15) is 17.7 Å². The Morgan fingerprint density at radius 3 is 2.24 bits per heavy atom. The van der Waals surface area contributed by atoms with Crippen molar-refractivity contribution in [3.63, 3.8) is 0 Å². The number of nitrogens with zero attached hydrogens (tertiary/aromatic N) is 1. The van der Waals surface area contributed by atoms with Crippen molar-refractivity contribution in [2.75, 3.05) is 13.2 Å². The number of alkyl carbamates (subject to hydrolysis) is 1. The van der Waals surface area contributed by atoms with Gasteiger partial charge in [-0.2, -0.15) is 0 Å². The van der Waals surface area contributed by atoms with Crippen molar-refractivity contribution in [2.45, 2.75) is 105 Å². The quantitative estimate of drug-likeness (QED) is 0.356. The molecule has 9 heteroatoms. The Labute approximate surface area is 228 Å². The fourth-order valence-corrected chi connectivity index (χ4v) is 4.01. The van der Waals surface area contributed by atoms with Gasteiger partial charge < -0.3 is 25.0 Å². The van der Waals surface area contributed by atoms with E-state index in [1.807, 2.05) is 58.9 Å². The first kappa shape index (κ1) is 32.9. The Hall–Kier alpha value is -3.10. The molecular weight excluding hydrogens is 486 g/mol. The third kappa shape index (κ3) is 11.1. The fourth-order valence-electron chi connectivity index (χ4n) is 4.01. The Bertz CT molecular complexity index is 940. The minimum atomic E-state index is -0.963. The zero-order chi connectivity index (χ0) is 29.0. The number of aryl methyl sites for hydroxylation is 1. The molecule has 3 amide bonds. The highest BCUT2D eigenvalue weighted by Crippen LogP contribution is 2.28.